The first kappa shape index (κ1) is 11.8. The molecule has 1 N–H and O–H groups in total. The zero-order valence-corrected chi connectivity index (χ0v) is 8.07. The van der Waals surface area contributed by atoms with Gasteiger partial charge in [0.25, 0.3) is 0 Å². The van der Waals surface area contributed by atoms with Gasteiger partial charge in [0.2, 0.25) is 0 Å². The van der Waals surface area contributed by atoms with Crippen LogP contribution in [0.15, 0.2) is 0 Å². The molecule has 2 nitrogen and oxygen atoms in total. The fourth-order valence-corrected chi connectivity index (χ4v) is 1.34. The summed E-state index contributed by atoms with van der Waals surface area (Å²) in [6.45, 7) is 3.19. The van der Waals surface area contributed by atoms with E-state index in [9.17, 15) is 0 Å². The lowest BCUT2D eigenvalue weighted by Crippen LogP contribution is -2.29. The van der Waals surface area contributed by atoms with Crippen LogP contribution in [0.2, 0.25) is 0 Å². The normalized spacial score (nSPS) is 17.4. The zero-order valence-electron chi connectivity index (χ0n) is 7.25. The Kier molecular flexibility index (Phi) is 7.28. The minimum absolute atomic E-state index is 0. The first-order valence-electron chi connectivity index (χ1n) is 4.22. The number of hydrogen-bond acceptors (Lipinski definition) is 2. The Balaban J connectivity index is 0.00000121. The number of halogens is 1. The highest BCUT2D eigenvalue weighted by Crippen LogP contribution is 2.06. The third-order valence-electron chi connectivity index (χ3n) is 1.96. The lowest BCUT2D eigenvalue weighted by atomic mass is 10.1. The molecule has 0 unspecified atom stereocenters. The number of hydrogen-bond donors (Lipinski definition) is 1. The second kappa shape index (κ2) is 7.42. The van der Waals surface area contributed by atoms with Gasteiger partial charge in [-0.3, -0.25) is 4.90 Å². The molecule has 0 bridgehead atoms. The van der Waals surface area contributed by atoms with Gasteiger partial charge in [-0.05, 0) is 25.9 Å². The maximum atomic E-state index is 8.40. The summed E-state index contributed by atoms with van der Waals surface area (Å²) in [6.07, 6.45) is 3.98. The maximum Gasteiger partial charge on any atom is 0.104 e. The molecule has 0 saturated carbocycles. The van der Waals surface area contributed by atoms with E-state index in [-0.39, 0.29) is 19.0 Å². The predicted octanol–water partition coefficient (Wildman–Crippen LogP) is 0.890. The smallest absolute Gasteiger partial charge is 0.104 e. The Labute approximate surface area is 80.4 Å². The Bertz CT molecular complexity index is 156. The van der Waals surface area contributed by atoms with Gasteiger partial charge in [0.15, 0.2) is 0 Å². The van der Waals surface area contributed by atoms with Crippen molar-refractivity contribution in [2.75, 3.05) is 26.2 Å². The van der Waals surface area contributed by atoms with E-state index in [1.54, 1.807) is 0 Å². The number of aliphatic hydroxyl groups excluding tert-OH is 1. The van der Waals surface area contributed by atoms with Crippen molar-refractivity contribution >= 4 is 12.4 Å². The lowest BCUT2D eigenvalue weighted by Gasteiger charge is -2.23. The lowest BCUT2D eigenvalue weighted by molar-refractivity contribution is 0.255. The SMILES string of the molecule is Cl.OCC#CCN1CCCCC1. The average molecular weight is 190 g/mol. The van der Waals surface area contributed by atoms with Crippen molar-refractivity contribution in [1.82, 2.24) is 4.90 Å². The first-order chi connectivity index (χ1) is 5.43. The summed E-state index contributed by atoms with van der Waals surface area (Å²) in [4.78, 5) is 2.34. The van der Waals surface area contributed by atoms with Gasteiger partial charge in [0.1, 0.15) is 6.61 Å². The molecule has 3 heteroatoms. The molecule has 1 heterocycles. The fourth-order valence-electron chi connectivity index (χ4n) is 1.34. The zero-order chi connectivity index (χ0) is 7.94. The molecule has 0 aromatic rings. The van der Waals surface area contributed by atoms with E-state index >= 15 is 0 Å². The van der Waals surface area contributed by atoms with Crippen molar-refractivity contribution in [3.63, 3.8) is 0 Å². The quantitative estimate of drug-likeness (QED) is 0.620. The van der Waals surface area contributed by atoms with Crippen LogP contribution in [-0.4, -0.2) is 36.2 Å². The van der Waals surface area contributed by atoms with Crippen LogP contribution < -0.4 is 0 Å². The van der Waals surface area contributed by atoms with Gasteiger partial charge in [0, 0.05) is 0 Å². The van der Waals surface area contributed by atoms with Crippen LogP contribution in [0.3, 0.4) is 0 Å². The van der Waals surface area contributed by atoms with Gasteiger partial charge in [-0.25, -0.2) is 0 Å². The van der Waals surface area contributed by atoms with Gasteiger partial charge in [0.05, 0.1) is 6.54 Å². The summed E-state index contributed by atoms with van der Waals surface area (Å²) in [6, 6.07) is 0. The van der Waals surface area contributed by atoms with Crippen LogP contribution >= 0.6 is 12.4 Å². The van der Waals surface area contributed by atoms with Crippen molar-refractivity contribution in [2.24, 2.45) is 0 Å². The summed E-state index contributed by atoms with van der Waals surface area (Å²) in [5.41, 5.74) is 0. The standard InChI is InChI=1S/C9H15NO.ClH/c11-9-5-4-8-10-6-2-1-3-7-10;/h11H,1-3,6-9H2;1H. The van der Waals surface area contributed by atoms with Crippen molar-refractivity contribution < 1.29 is 5.11 Å². The third-order valence-corrected chi connectivity index (χ3v) is 1.96. The van der Waals surface area contributed by atoms with Crippen molar-refractivity contribution in [2.45, 2.75) is 19.3 Å². The topological polar surface area (TPSA) is 23.5 Å². The molecule has 1 fully saturated rings. The molecule has 1 saturated heterocycles. The molecule has 0 atom stereocenters. The monoisotopic (exact) mass is 189 g/mol. The molecule has 12 heavy (non-hydrogen) atoms. The van der Waals surface area contributed by atoms with Gasteiger partial charge in [-0.15, -0.1) is 12.4 Å². The summed E-state index contributed by atoms with van der Waals surface area (Å²) in [5, 5.41) is 8.40. The van der Waals surface area contributed by atoms with Crippen molar-refractivity contribution in [1.29, 1.82) is 0 Å². The van der Waals surface area contributed by atoms with Crippen LogP contribution in [0, 0.1) is 11.8 Å². The van der Waals surface area contributed by atoms with Crippen LogP contribution in [0.4, 0.5) is 0 Å². The highest BCUT2D eigenvalue weighted by molar-refractivity contribution is 5.85. The highest BCUT2D eigenvalue weighted by atomic mass is 35.5. The summed E-state index contributed by atoms with van der Waals surface area (Å²) >= 11 is 0. The number of nitrogens with zero attached hydrogens (tertiary/aromatic N) is 1. The number of rotatable bonds is 1. The molecule has 0 radical (unpaired) electrons. The fraction of sp³-hybridized carbons (Fsp3) is 0.778. The maximum absolute atomic E-state index is 8.40. The Morgan fingerprint density at radius 3 is 2.33 bits per heavy atom. The number of aliphatic hydroxyl groups is 1. The Morgan fingerprint density at radius 2 is 1.75 bits per heavy atom. The highest BCUT2D eigenvalue weighted by Gasteiger charge is 2.06. The molecule has 1 aliphatic rings. The second-order valence-corrected chi connectivity index (χ2v) is 2.85. The molecule has 0 spiro atoms. The van der Waals surface area contributed by atoms with E-state index in [1.165, 1.54) is 32.4 Å². The molecule has 0 aromatic carbocycles. The second-order valence-electron chi connectivity index (χ2n) is 2.85. The van der Waals surface area contributed by atoms with E-state index in [4.69, 9.17) is 5.11 Å². The number of piperidine rings is 1. The van der Waals surface area contributed by atoms with Crippen molar-refractivity contribution in [3.05, 3.63) is 0 Å². The molecule has 0 aromatic heterocycles. The summed E-state index contributed by atoms with van der Waals surface area (Å²) < 4.78 is 0. The summed E-state index contributed by atoms with van der Waals surface area (Å²) in [5.74, 6) is 5.59. The van der Waals surface area contributed by atoms with Gasteiger partial charge in [-0.1, -0.05) is 18.3 Å². The van der Waals surface area contributed by atoms with Crippen LogP contribution in [0.1, 0.15) is 19.3 Å². The average Bonchev–Trinajstić information content (AvgIpc) is 2.07. The molecular weight excluding hydrogens is 174 g/mol. The van der Waals surface area contributed by atoms with E-state index in [0.29, 0.717) is 0 Å². The van der Waals surface area contributed by atoms with Crippen LogP contribution in [0.25, 0.3) is 0 Å². The van der Waals surface area contributed by atoms with E-state index < -0.39 is 0 Å². The van der Waals surface area contributed by atoms with Crippen molar-refractivity contribution in [3.8, 4) is 11.8 Å². The Morgan fingerprint density at radius 1 is 1.08 bits per heavy atom. The van der Waals surface area contributed by atoms with E-state index in [1.807, 2.05) is 0 Å². The summed E-state index contributed by atoms with van der Waals surface area (Å²) in [7, 11) is 0. The van der Waals surface area contributed by atoms with Gasteiger partial charge >= 0.3 is 0 Å². The largest absolute Gasteiger partial charge is 0.384 e. The van der Waals surface area contributed by atoms with E-state index in [0.717, 1.165) is 6.54 Å². The molecular formula is C9H16ClNO. The molecule has 70 valence electrons. The van der Waals surface area contributed by atoms with E-state index in [2.05, 4.69) is 16.7 Å². The minimum Gasteiger partial charge on any atom is -0.384 e. The Hall–Kier alpha value is -0.230. The molecule has 0 aliphatic carbocycles. The predicted molar refractivity (Wildman–Crippen MR) is 52.4 cm³/mol. The third kappa shape index (κ3) is 4.61. The first-order valence-corrected chi connectivity index (χ1v) is 4.22. The van der Waals surface area contributed by atoms with Crippen LogP contribution in [0.5, 0.6) is 0 Å². The molecule has 1 rings (SSSR count). The van der Waals surface area contributed by atoms with Gasteiger partial charge < -0.3 is 5.11 Å². The minimum atomic E-state index is -0.00611. The van der Waals surface area contributed by atoms with Gasteiger partial charge in [-0.2, -0.15) is 0 Å². The molecule has 1 aliphatic heterocycles. The van der Waals surface area contributed by atoms with Crippen LogP contribution in [-0.2, 0) is 0 Å². The number of likely N-dealkylation sites (tertiary alicyclic amines) is 1. The molecule has 0 amide bonds.